The van der Waals surface area contributed by atoms with E-state index < -0.39 is 22.2 Å². The first-order valence-corrected chi connectivity index (χ1v) is 50.9. The molecule has 8 amide bonds. The predicted octanol–water partition coefficient (Wildman–Crippen LogP) is 20.2. The van der Waals surface area contributed by atoms with E-state index in [2.05, 4.69) is 253 Å². The molecule has 7 heterocycles. The molecule has 0 spiro atoms. The molecule has 1 saturated heterocycles. The van der Waals surface area contributed by atoms with Crippen molar-refractivity contribution >= 4 is 64.3 Å². The first-order valence-electron chi connectivity index (χ1n) is 50.0. The molecule has 2 aromatic carbocycles. The van der Waals surface area contributed by atoms with Crippen LogP contribution in [0.5, 0.6) is 5.75 Å². The number of aryl methyl sites for hydroxylation is 2. The highest BCUT2D eigenvalue weighted by Gasteiger charge is 2.48. The van der Waals surface area contributed by atoms with Gasteiger partial charge in [-0.3, -0.25) is 63.3 Å². The fourth-order valence-corrected chi connectivity index (χ4v) is 18.8. The van der Waals surface area contributed by atoms with Crippen molar-refractivity contribution in [3.8, 4) is 5.75 Å². The van der Waals surface area contributed by atoms with Gasteiger partial charge < -0.3 is 56.3 Å². The van der Waals surface area contributed by atoms with E-state index in [4.69, 9.17) is 24.2 Å². The van der Waals surface area contributed by atoms with Gasteiger partial charge in [0.15, 0.2) is 0 Å². The molecule has 1 aliphatic heterocycles. The number of ether oxygens (including phenoxy) is 1. The summed E-state index contributed by atoms with van der Waals surface area (Å²) in [6, 6.07) is 27.3. The van der Waals surface area contributed by atoms with Gasteiger partial charge >= 0.3 is 0 Å². The Bertz CT molecular complexity index is 5370. The van der Waals surface area contributed by atoms with Crippen molar-refractivity contribution in [3.05, 3.63) is 204 Å². The summed E-state index contributed by atoms with van der Waals surface area (Å²) in [6.45, 7) is 58.0. The Morgan fingerprint density at radius 3 is 1.02 bits per heavy atom. The van der Waals surface area contributed by atoms with Crippen molar-refractivity contribution in [2.45, 2.75) is 394 Å². The number of carbonyl (C=O) groups excluding carboxylic acids is 8. The number of anilines is 1. The number of piperazine rings is 1. The zero-order chi connectivity index (χ0) is 102. The highest BCUT2D eigenvalue weighted by atomic mass is 32.1. The van der Waals surface area contributed by atoms with E-state index in [9.17, 15) is 38.4 Å². The van der Waals surface area contributed by atoms with Crippen LogP contribution in [0.1, 0.15) is 409 Å². The number of carbonyl (C=O) groups is 8. The summed E-state index contributed by atoms with van der Waals surface area (Å²) in [5.41, 5.74) is 7.63. The first-order chi connectivity index (χ1) is 64.4. The molecule has 27 heteroatoms. The van der Waals surface area contributed by atoms with Crippen molar-refractivity contribution in [1.82, 2.24) is 77.2 Å². The van der Waals surface area contributed by atoms with Gasteiger partial charge in [0.2, 0.25) is 23.6 Å². The quantitative estimate of drug-likeness (QED) is 0.0373. The van der Waals surface area contributed by atoms with Gasteiger partial charge in [-0.2, -0.15) is 0 Å². The summed E-state index contributed by atoms with van der Waals surface area (Å²) in [7, 11) is 1.70. The highest BCUT2D eigenvalue weighted by molar-refractivity contribution is 7.09. The average Bonchev–Trinajstić information content (AvgIpc) is 0.949. The molecular formula is C111H160N16O10S. The van der Waals surface area contributed by atoms with Gasteiger partial charge in [-0.15, -0.1) is 11.3 Å². The topological polar surface area (TPSA) is 340 Å². The number of pyridine rings is 3. The predicted molar refractivity (Wildman–Crippen MR) is 549 cm³/mol. The molecule has 13 rings (SSSR count). The Morgan fingerprint density at radius 1 is 0.384 bits per heavy atom. The van der Waals surface area contributed by atoms with Crippen LogP contribution in [0.4, 0.5) is 5.69 Å². The largest absolute Gasteiger partial charge is 0.496 e. The lowest BCUT2D eigenvalue weighted by atomic mass is 9.77. The van der Waals surface area contributed by atoms with Crippen LogP contribution < -0.4 is 46.9 Å². The molecule has 0 bridgehead atoms. The standard InChI is InChI=1S/C33H47N3O3.C27H39N5O2.C26H38N4O3.C25H36N4O2S/c1-31(2,3)26-22-24(23-27(28(26)39-7)32(4,5)6)29(37)34-33(16-12-9-13-17-33)30(38)36-20-18-35(19-21-36)25-14-10-8-11-15-25;1-18-15-29-20(16-28-18)17-30-24(34)27(11-9-8-10-12-27)32-23(33)19-13-21(25(2,3)4)31-22(14-19)26(5,6)7;1-17-13-19(30-33-17)16-27-23(32)26(11-9-8-10-12-26)29-22(31)18-14-20(24(2,3)4)28-21(15-18)25(5,6)7;1-23(2,3)18-14-17(15-19(28-18)24(4,5)6)21(30)29-25(10-8-7-9-11-25)22(31)27-16-20-26-12-13-32-20/h8,10-11,14-15,22-23H,9,12-13,16-21H2,1-7H3,(H,34,37);13-16H,8-12,17H2,1-7H3,(H,30,34)(H,32,33);13-15H,8-12,16H2,1-7H3,(H,27,32)(H,29,31);12-15H,7-11,16H2,1-6H3,(H,27,31)(H,29,30). The molecular weight excluding hydrogens is 1750 g/mol. The third kappa shape index (κ3) is 29.0. The maximum absolute atomic E-state index is 14.1. The lowest BCUT2D eigenvalue weighted by Gasteiger charge is -2.43. The van der Waals surface area contributed by atoms with Crippen molar-refractivity contribution in [1.29, 1.82) is 0 Å². The van der Waals surface area contributed by atoms with Gasteiger partial charge in [-0.25, -0.2) is 4.98 Å². The molecule has 750 valence electrons. The second-order valence-electron chi connectivity index (χ2n) is 47.0. The minimum Gasteiger partial charge on any atom is -0.496 e. The van der Waals surface area contributed by atoms with Crippen molar-refractivity contribution in [2.24, 2.45) is 0 Å². The number of hydrogen-bond acceptors (Lipinski definition) is 19. The average molecular weight is 1910 g/mol. The van der Waals surface area contributed by atoms with Gasteiger partial charge in [0, 0.05) is 156 Å². The van der Waals surface area contributed by atoms with Crippen LogP contribution >= 0.6 is 11.3 Å². The Balaban J connectivity index is 0.000000190. The summed E-state index contributed by atoms with van der Waals surface area (Å²) in [5, 5.41) is 28.3. The number of rotatable bonds is 20. The van der Waals surface area contributed by atoms with E-state index in [0.717, 1.165) is 152 Å². The number of methoxy groups -OCH3 is 1. The number of amides is 8. The van der Waals surface area contributed by atoms with Crippen molar-refractivity contribution in [3.63, 3.8) is 0 Å². The minimum atomic E-state index is -0.930. The van der Waals surface area contributed by atoms with E-state index in [-0.39, 0.29) is 104 Å². The number of para-hydroxylation sites is 1. The highest BCUT2D eigenvalue weighted by Crippen LogP contribution is 2.43. The zero-order valence-corrected chi connectivity index (χ0v) is 88.8. The number of aromatic nitrogens is 7. The van der Waals surface area contributed by atoms with Gasteiger partial charge in [-0.1, -0.05) is 267 Å². The van der Waals surface area contributed by atoms with E-state index in [1.54, 1.807) is 31.8 Å². The number of nitrogens with one attached hydrogen (secondary N) is 7. The van der Waals surface area contributed by atoms with E-state index >= 15 is 0 Å². The smallest absolute Gasteiger partial charge is 0.252 e. The molecule has 6 aromatic heterocycles. The van der Waals surface area contributed by atoms with E-state index in [1.165, 1.54) is 17.0 Å². The second-order valence-corrected chi connectivity index (χ2v) is 48.0. The monoisotopic (exact) mass is 1910 g/mol. The number of hydrogen-bond donors (Lipinski definition) is 7. The molecule has 0 atom stereocenters. The Morgan fingerprint density at radius 2 is 0.717 bits per heavy atom. The molecule has 7 N–H and O–H groups in total. The van der Waals surface area contributed by atoms with Crippen molar-refractivity contribution in [2.75, 3.05) is 38.2 Å². The third-order valence-corrected chi connectivity index (χ3v) is 27.7. The first kappa shape index (κ1) is 109. The van der Waals surface area contributed by atoms with Crippen LogP contribution in [-0.2, 0) is 82.1 Å². The van der Waals surface area contributed by atoms with Gasteiger partial charge in [-0.05, 0) is 137 Å². The molecule has 5 fully saturated rings. The molecule has 0 radical (unpaired) electrons. The summed E-state index contributed by atoms with van der Waals surface area (Å²) >= 11 is 1.51. The fourth-order valence-electron chi connectivity index (χ4n) is 18.2. The lowest BCUT2D eigenvalue weighted by Crippen LogP contribution is -2.63. The van der Waals surface area contributed by atoms with Gasteiger partial charge in [0.1, 0.15) is 44.4 Å². The molecule has 8 aromatic rings. The van der Waals surface area contributed by atoms with E-state index in [1.807, 2.05) is 78.7 Å². The maximum Gasteiger partial charge on any atom is 0.252 e. The summed E-state index contributed by atoms with van der Waals surface area (Å²) in [4.78, 5) is 140. The lowest BCUT2D eigenvalue weighted by molar-refractivity contribution is -0.140. The third-order valence-electron chi connectivity index (χ3n) is 26.9. The maximum atomic E-state index is 14.1. The Hall–Kier alpha value is -10.8. The van der Waals surface area contributed by atoms with Crippen LogP contribution in [0.25, 0.3) is 0 Å². The Labute approximate surface area is 826 Å². The normalized spacial score (nSPS) is 16.8. The SMILES string of the molecule is CC(C)(C)c1cc(C(=O)NC2(C(=O)NCc3nccs3)CCCCC2)cc(C(C)(C)C)n1.COc1c(C(C)(C)C)cc(C(=O)NC2(C(=O)N3CCN(c4ccccc4)CC3)CCCCC2)cc1C(C)(C)C.Cc1cc(CNC(=O)C2(NC(=O)c3cc(C(C)(C)C)nc(C(C)(C)C)c3)CCCCC2)no1.Cc1cnc(CNC(=O)C2(NC(=O)c3cc(C(C)(C)C)nc(C(C)(C)C)c3)CCCCC2)cn1. The van der Waals surface area contributed by atoms with E-state index in [0.29, 0.717) is 110 Å². The van der Waals surface area contributed by atoms with Crippen molar-refractivity contribution < 1.29 is 47.6 Å². The molecule has 4 saturated carbocycles. The fraction of sp³-hybridized carbons (Fsp3) is 0.595. The summed E-state index contributed by atoms with van der Waals surface area (Å²) < 4.78 is 11.0. The van der Waals surface area contributed by atoms with Gasteiger partial charge in [0.25, 0.3) is 23.6 Å². The van der Waals surface area contributed by atoms with Crippen LogP contribution in [0.3, 0.4) is 0 Å². The summed E-state index contributed by atoms with van der Waals surface area (Å²) in [5.74, 6) is 0.301. The zero-order valence-electron chi connectivity index (χ0n) is 88.0. The molecule has 0 unspecified atom stereocenters. The number of nitrogens with zero attached hydrogens (tertiary/aromatic N) is 9. The Kier molecular flexibility index (Phi) is 35.4. The molecule has 26 nitrogen and oxygen atoms in total. The summed E-state index contributed by atoms with van der Waals surface area (Å²) in [6.07, 6.45) is 21.8. The van der Waals surface area contributed by atoms with Crippen LogP contribution in [0.15, 0.2) is 113 Å². The molecule has 5 aliphatic rings. The minimum absolute atomic E-state index is 0.0730. The van der Waals surface area contributed by atoms with Crippen LogP contribution in [-0.4, -0.2) is 143 Å². The van der Waals surface area contributed by atoms with Gasteiger partial charge in [0.05, 0.1) is 44.3 Å². The molecule has 138 heavy (non-hydrogen) atoms. The molecule has 4 aliphatic carbocycles. The second kappa shape index (κ2) is 44.8. The van der Waals surface area contributed by atoms with Crippen LogP contribution in [0.2, 0.25) is 0 Å². The van der Waals surface area contributed by atoms with Crippen LogP contribution in [0, 0.1) is 13.8 Å². The number of benzene rings is 2. The number of thiazole rings is 1.